The molecule has 1 aliphatic heterocycles. The van der Waals surface area contributed by atoms with Crippen molar-refractivity contribution in [2.24, 2.45) is 0 Å². The highest BCUT2D eigenvalue weighted by Crippen LogP contribution is 2.40. The lowest BCUT2D eigenvalue weighted by molar-refractivity contribution is -0.142. The number of nitrogens with zero attached hydrogens (tertiary/aromatic N) is 1. The zero-order valence-corrected chi connectivity index (χ0v) is 18.2. The average Bonchev–Trinajstić information content (AvgIpc) is 2.78. The molecule has 176 valence electrons. The lowest BCUT2D eigenvalue weighted by Gasteiger charge is -2.36. The molecule has 1 unspecified atom stereocenters. The van der Waals surface area contributed by atoms with Crippen LogP contribution in [0.5, 0.6) is 5.75 Å². The van der Waals surface area contributed by atoms with E-state index in [9.17, 15) is 22.8 Å². The highest BCUT2D eigenvalue weighted by Gasteiger charge is 2.42. The van der Waals surface area contributed by atoms with Gasteiger partial charge in [-0.1, -0.05) is 18.2 Å². The number of benzene rings is 2. The van der Waals surface area contributed by atoms with Crippen LogP contribution in [0.2, 0.25) is 0 Å². The van der Waals surface area contributed by atoms with E-state index < -0.39 is 29.8 Å². The maximum atomic E-state index is 13.7. The van der Waals surface area contributed by atoms with Crippen molar-refractivity contribution in [2.75, 3.05) is 32.3 Å². The molecule has 2 aromatic rings. The van der Waals surface area contributed by atoms with Crippen molar-refractivity contribution in [3.05, 3.63) is 70.9 Å². The molecule has 2 amide bonds. The second kappa shape index (κ2) is 9.95. The van der Waals surface area contributed by atoms with Gasteiger partial charge < -0.3 is 19.5 Å². The van der Waals surface area contributed by atoms with Crippen LogP contribution in [-0.2, 0) is 20.4 Å². The van der Waals surface area contributed by atoms with E-state index in [1.807, 2.05) is 0 Å². The molecule has 0 radical (unpaired) electrons. The van der Waals surface area contributed by atoms with E-state index in [4.69, 9.17) is 14.2 Å². The minimum atomic E-state index is -4.69. The van der Waals surface area contributed by atoms with Gasteiger partial charge >= 0.3 is 18.2 Å². The Balaban J connectivity index is 2.13. The van der Waals surface area contributed by atoms with Gasteiger partial charge in [0.2, 0.25) is 0 Å². The van der Waals surface area contributed by atoms with Gasteiger partial charge in [0.1, 0.15) is 12.4 Å². The third-order valence-electron chi connectivity index (χ3n) is 5.13. The van der Waals surface area contributed by atoms with Crippen LogP contribution in [0.15, 0.2) is 59.8 Å². The first-order chi connectivity index (χ1) is 15.7. The number of ether oxygens (including phenoxy) is 3. The largest absolute Gasteiger partial charge is 0.497 e. The fourth-order valence-electron chi connectivity index (χ4n) is 3.59. The van der Waals surface area contributed by atoms with Gasteiger partial charge in [-0.05, 0) is 42.8 Å². The zero-order chi connectivity index (χ0) is 24.2. The monoisotopic (exact) mass is 464 g/mol. The number of esters is 1. The van der Waals surface area contributed by atoms with E-state index in [0.29, 0.717) is 11.4 Å². The van der Waals surface area contributed by atoms with E-state index >= 15 is 0 Å². The average molecular weight is 464 g/mol. The molecular weight excluding hydrogens is 441 g/mol. The summed E-state index contributed by atoms with van der Waals surface area (Å²) in [7, 11) is 2.91. The van der Waals surface area contributed by atoms with Crippen LogP contribution in [0.3, 0.4) is 0 Å². The minimum Gasteiger partial charge on any atom is -0.497 e. The second-order valence-corrected chi connectivity index (χ2v) is 7.13. The summed E-state index contributed by atoms with van der Waals surface area (Å²) in [4.78, 5) is 27.2. The number of carbonyl (C=O) groups excluding carboxylic acids is 2. The molecule has 0 aromatic heterocycles. The summed E-state index contributed by atoms with van der Waals surface area (Å²) in [6, 6.07) is 9.18. The van der Waals surface area contributed by atoms with E-state index in [2.05, 4.69) is 5.32 Å². The standard InChI is InChI=1S/C23H23F3N2O5/c1-14-19(21(29)33-13-12-31-2)20(17-6-4-5-7-18(17)23(24,25)26)27-22(30)28(14)15-8-10-16(32-3)11-9-15/h4-11,20H,12-13H2,1-3H3,(H,27,30). The van der Waals surface area contributed by atoms with Crippen molar-refractivity contribution >= 4 is 17.7 Å². The first kappa shape index (κ1) is 24.1. The van der Waals surface area contributed by atoms with Gasteiger partial charge in [0, 0.05) is 12.8 Å². The molecule has 1 N–H and O–H groups in total. The topological polar surface area (TPSA) is 77.1 Å². The van der Waals surface area contributed by atoms with Crippen molar-refractivity contribution in [1.29, 1.82) is 0 Å². The van der Waals surface area contributed by atoms with Gasteiger partial charge in [0.05, 0.1) is 36.6 Å². The Morgan fingerprint density at radius 2 is 1.73 bits per heavy atom. The third-order valence-corrected chi connectivity index (χ3v) is 5.13. The molecule has 0 aliphatic carbocycles. The number of carbonyl (C=O) groups is 2. The Bertz CT molecular complexity index is 1050. The van der Waals surface area contributed by atoms with Crippen LogP contribution in [0, 0.1) is 0 Å². The summed E-state index contributed by atoms with van der Waals surface area (Å²) in [6.45, 7) is 1.49. The molecule has 1 heterocycles. The molecule has 0 saturated heterocycles. The summed E-state index contributed by atoms with van der Waals surface area (Å²) >= 11 is 0. The minimum absolute atomic E-state index is 0.101. The van der Waals surface area contributed by atoms with Gasteiger partial charge in [-0.2, -0.15) is 13.2 Å². The summed E-state index contributed by atoms with van der Waals surface area (Å²) in [5.74, 6) is -0.306. The lowest BCUT2D eigenvalue weighted by atomic mass is 9.91. The Kier molecular flexibility index (Phi) is 7.27. The number of hydrogen-bond donors (Lipinski definition) is 1. The van der Waals surface area contributed by atoms with Crippen molar-refractivity contribution in [2.45, 2.75) is 19.1 Å². The van der Waals surface area contributed by atoms with Gasteiger partial charge in [-0.15, -0.1) is 0 Å². The number of nitrogens with one attached hydrogen (secondary N) is 1. The van der Waals surface area contributed by atoms with Crippen molar-refractivity contribution in [3.63, 3.8) is 0 Å². The van der Waals surface area contributed by atoms with E-state index in [0.717, 1.165) is 6.07 Å². The zero-order valence-electron chi connectivity index (χ0n) is 18.2. The van der Waals surface area contributed by atoms with E-state index in [1.54, 1.807) is 24.3 Å². The van der Waals surface area contributed by atoms with Crippen molar-refractivity contribution in [3.8, 4) is 5.75 Å². The predicted octanol–water partition coefficient (Wildman–Crippen LogP) is 4.45. The lowest BCUT2D eigenvalue weighted by Crippen LogP contribution is -2.48. The molecule has 1 aliphatic rings. The smallest absolute Gasteiger partial charge is 0.416 e. The van der Waals surface area contributed by atoms with Crippen molar-refractivity contribution in [1.82, 2.24) is 5.32 Å². The fraction of sp³-hybridized carbons (Fsp3) is 0.304. The number of anilines is 1. The van der Waals surface area contributed by atoms with Crippen LogP contribution in [-0.4, -0.2) is 39.4 Å². The number of halogens is 3. The van der Waals surface area contributed by atoms with Crippen LogP contribution >= 0.6 is 0 Å². The number of alkyl halides is 3. The first-order valence-corrected chi connectivity index (χ1v) is 9.96. The van der Waals surface area contributed by atoms with Crippen LogP contribution in [0.1, 0.15) is 24.1 Å². The number of rotatable bonds is 7. The molecule has 7 nitrogen and oxygen atoms in total. The summed E-state index contributed by atoms with van der Waals surface area (Å²) in [5, 5.41) is 2.54. The predicted molar refractivity (Wildman–Crippen MR) is 114 cm³/mol. The molecule has 0 spiro atoms. The number of methoxy groups -OCH3 is 2. The Morgan fingerprint density at radius 1 is 1.06 bits per heavy atom. The van der Waals surface area contributed by atoms with Crippen molar-refractivity contribution < 1.29 is 37.0 Å². The van der Waals surface area contributed by atoms with E-state index in [-0.39, 0.29) is 30.0 Å². The molecule has 33 heavy (non-hydrogen) atoms. The quantitative estimate of drug-likeness (QED) is 0.484. The number of allylic oxidation sites excluding steroid dienone is 1. The molecule has 0 bridgehead atoms. The normalized spacial score (nSPS) is 16.5. The molecule has 0 saturated carbocycles. The number of urea groups is 1. The first-order valence-electron chi connectivity index (χ1n) is 9.96. The Labute approximate surface area is 188 Å². The van der Waals surface area contributed by atoms with Crippen LogP contribution in [0.4, 0.5) is 23.7 Å². The summed E-state index contributed by atoms with van der Waals surface area (Å²) < 4.78 is 56.3. The molecule has 3 rings (SSSR count). The maximum absolute atomic E-state index is 13.7. The SMILES string of the molecule is COCCOC(=O)C1=C(C)N(c2ccc(OC)cc2)C(=O)NC1c1ccccc1C(F)(F)F. The molecule has 1 atom stereocenters. The Morgan fingerprint density at radius 3 is 2.33 bits per heavy atom. The third kappa shape index (κ3) is 5.11. The second-order valence-electron chi connectivity index (χ2n) is 7.13. The van der Waals surface area contributed by atoms with Crippen LogP contribution < -0.4 is 15.0 Å². The van der Waals surface area contributed by atoms with Gasteiger partial charge in [-0.3, -0.25) is 4.90 Å². The number of amides is 2. The molecule has 2 aromatic carbocycles. The summed E-state index contributed by atoms with van der Waals surface area (Å²) in [6.07, 6.45) is -4.69. The fourth-order valence-corrected chi connectivity index (χ4v) is 3.59. The van der Waals surface area contributed by atoms with Crippen LogP contribution in [0.25, 0.3) is 0 Å². The number of hydrogen-bond acceptors (Lipinski definition) is 5. The molecule has 10 heteroatoms. The molecule has 0 fully saturated rings. The van der Waals surface area contributed by atoms with Gasteiger partial charge in [0.15, 0.2) is 0 Å². The Hall–Kier alpha value is -3.53. The highest BCUT2D eigenvalue weighted by molar-refractivity contribution is 6.03. The van der Waals surface area contributed by atoms with Gasteiger partial charge in [0.25, 0.3) is 0 Å². The summed E-state index contributed by atoms with van der Waals surface area (Å²) in [5.41, 5.74) is -0.781. The van der Waals surface area contributed by atoms with Gasteiger partial charge in [-0.25, -0.2) is 9.59 Å². The van der Waals surface area contributed by atoms with E-state index in [1.165, 1.54) is 44.2 Å². The molecular formula is C23H23F3N2O5. The maximum Gasteiger partial charge on any atom is 0.416 e. The highest BCUT2D eigenvalue weighted by atomic mass is 19.4.